The summed E-state index contributed by atoms with van der Waals surface area (Å²) < 4.78 is 0. The number of fused-ring (bicyclic) bond motifs is 1. The summed E-state index contributed by atoms with van der Waals surface area (Å²) in [7, 11) is 0. The predicted octanol–water partition coefficient (Wildman–Crippen LogP) is 0.721. The first-order valence-electron chi connectivity index (χ1n) is 7.69. The first-order valence-corrected chi connectivity index (χ1v) is 8.07. The summed E-state index contributed by atoms with van der Waals surface area (Å²) in [6.45, 7) is 1.96. The van der Waals surface area contributed by atoms with Gasteiger partial charge in [0.2, 0.25) is 11.2 Å². The van der Waals surface area contributed by atoms with Gasteiger partial charge in [-0.1, -0.05) is 0 Å². The summed E-state index contributed by atoms with van der Waals surface area (Å²) in [5, 5.41) is 11.8. The summed E-state index contributed by atoms with van der Waals surface area (Å²) in [5.41, 5.74) is 1.25. The van der Waals surface area contributed by atoms with Crippen LogP contribution >= 0.6 is 11.6 Å². The Kier molecular flexibility index (Phi) is 4.92. The Morgan fingerprint density at radius 1 is 1.52 bits per heavy atom. The van der Waals surface area contributed by atoms with Crippen molar-refractivity contribution in [2.45, 2.75) is 19.3 Å². The van der Waals surface area contributed by atoms with Crippen LogP contribution in [0.25, 0.3) is 11.2 Å². The number of aromatic nitrogens is 4. The van der Waals surface area contributed by atoms with Gasteiger partial charge in [-0.15, -0.1) is 0 Å². The van der Waals surface area contributed by atoms with Gasteiger partial charge in [-0.25, -0.2) is 4.98 Å². The molecule has 1 aliphatic rings. The zero-order valence-electron chi connectivity index (χ0n) is 12.6. The van der Waals surface area contributed by atoms with E-state index in [4.69, 9.17) is 16.7 Å². The highest BCUT2D eigenvalue weighted by Crippen LogP contribution is 2.27. The van der Waals surface area contributed by atoms with Crippen LogP contribution in [-0.2, 0) is 4.79 Å². The maximum Gasteiger partial charge on any atom is 0.226 e. The summed E-state index contributed by atoms with van der Waals surface area (Å²) in [5.74, 6) is 0.601. The third-order valence-electron chi connectivity index (χ3n) is 3.97. The molecule has 1 atom stereocenters. The zero-order valence-corrected chi connectivity index (χ0v) is 13.4. The molecule has 3 N–H and O–H groups in total. The smallest absolute Gasteiger partial charge is 0.226 e. The number of halogens is 1. The second kappa shape index (κ2) is 7.10. The van der Waals surface area contributed by atoms with Crippen LogP contribution in [0.2, 0.25) is 5.28 Å². The zero-order chi connectivity index (χ0) is 16.2. The van der Waals surface area contributed by atoms with E-state index in [0.29, 0.717) is 31.0 Å². The molecular weight excluding hydrogens is 320 g/mol. The van der Waals surface area contributed by atoms with E-state index in [1.807, 2.05) is 4.90 Å². The molecule has 0 radical (unpaired) electrons. The first kappa shape index (κ1) is 15.9. The van der Waals surface area contributed by atoms with E-state index in [1.54, 1.807) is 6.33 Å². The molecule has 0 bridgehead atoms. The van der Waals surface area contributed by atoms with Crippen LogP contribution in [0.3, 0.4) is 0 Å². The number of aliphatic hydroxyl groups is 1. The molecule has 0 spiro atoms. The number of carbonyl (C=O) groups is 1. The minimum Gasteiger partial charge on any atom is -0.396 e. The van der Waals surface area contributed by atoms with Crippen molar-refractivity contribution in [3.8, 4) is 0 Å². The predicted molar refractivity (Wildman–Crippen MR) is 86.3 cm³/mol. The molecule has 1 amide bonds. The van der Waals surface area contributed by atoms with Gasteiger partial charge in [0, 0.05) is 26.2 Å². The third-order valence-corrected chi connectivity index (χ3v) is 4.13. The molecule has 2 aromatic heterocycles. The summed E-state index contributed by atoms with van der Waals surface area (Å²) in [6, 6.07) is 0. The van der Waals surface area contributed by atoms with Crippen molar-refractivity contribution in [3.05, 3.63) is 11.6 Å². The lowest BCUT2D eigenvalue weighted by Crippen LogP contribution is -2.43. The van der Waals surface area contributed by atoms with Crippen molar-refractivity contribution in [2.24, 2.45) is 5.92 Å². The van der Waals surface area contributed by atoms with E-state index in [2.05, 4.69) is 25.3 Å². The monoisotopic (exact) mass is 338 g/mol. The largest absolute Gasteiger partial charge is 0.396 e. The van der Waals surface area contributed by atoms with E-state index in [0.717, 1.165) is 24.9 Å². The molecule has 0 saturated carbocycles. The molecule has 3 rings (SSSR count). The number of rotatable bonds is 5. The second-order valence-corrected chi connectivity index (χ2v) is 5.91. The van der Waals surface area contributed by atoms with Crippen molar-refractivity contribution in [2.75, 3.05) is 31.1 Å². The number of carbonyl (C=O) groups excluding carboxylic acids is 1. The van der Waals surface area contributed by atoms with Crippen molar-refractivity contribution >= 4 is 34.5 Å². The van der Waals surface area contributed by atoms with Crippen LogP contribution in [0.1, 0.15) is 19.3 Å². The number of amides is 1. The molecule has 1 aliphatic heterocycles. The van der Waals surface area contributed by atoms with E-state index >= 15 is 0 Å². The number of aliphatic hydroxyl groups excluding tert-OH is 1. The number of hydrogen-bond acceptors (Lipinski definition) is 6. The van der Waals surface area contributed by atoms with Gasteiger partial charge >= 0.3 is 0 Å². The lowest BCUT2D eigenvalue weighted by Gasteiger charge is -2.33. The van der Waals surface area contributed by atoms with Crippen LogP contribution in [0.4, 0.5) is 5.82 Å². The molecule has 9 heteroatoms. The molecule has 8 nitrogen and oxygen atoms in total. The number of hydrogen-bond donors (Lipinski definition) is 3. The van der Waals surface area contributed by atoms with Crippen molar-refractivity contribution in [1.29, 1.82) is 0 Å². The fourth-order valence-electron chi connectivity index (χ4n) is 2.84. The Hall–Kier alpha value is -1.93. The van der Waals surface area contributed by atoms with Crippen molar-refractivity contribution in [1.82, 2.24) is 25.3 Å². The maximum atomic E-state index is 12.2. The van der Waals surface area contributed by atoms with Gasteiger partial charge in [0.25, 0.3) is 0 Å². The molecule has 23 heavy (non-hydrogen) atoms. The van der Waals surface area contributed by atoms with Crippen molar-refractivity contribution in [3.63, 3.8) is 0 Å². The highest BCUT2D eigenvalue weighted by Gasteiger charge is 2.28. The number of nitrogens with zero attached hydrogens (tertiary/aromatic N) is 4. The quantitative estimate of drug-likeness (QED) is 0.548. The average molecular weight is 339 g/mol. The van der Waals surface area contributed by atoms with E-state index in [9.17, 15) is 4.79 Å². The summed E-state index contributed by atoms with van der Waals surface area (Å²) in [4.78, 5) is 29.8. The number of aromatic amines is 1. The molecule has 2 aromatic rings. The summed E-state index contributed by atoms with van der Waals surface area (Å²) in [6.07, 6.45) is 3.86. The Morgan fingerprint density at radius 3 is 3.22 bits per heavy atom. The van der Waals surface area contributed by atoms with E-state index in [1.165, 1.54) is 0 Å². The first-order chi connectivity index (χ1) is 11.2. The highest BCUT2D eigenvalue weighted by atomic mass is 35.5. The van der Waals surface area contributed by atoms with E-state index < -0.39 is 0 Å². The Labute approximate surface area is 138 Å². The number of H-pyrrole nitrogens is 1. The summed E-state index contributed by atoms with van der Waals surface area (Å²) >= 11 is 5.98. The fraction of sp³-hybridized carbons (Fsp3) is 0.571. The van der Waals surface area contributed by atoms with Gasteiger partial charge in [-0.05, 0) is 30.9 Å². The topological polar surface area (TPSA) is 107 Å². The molecule has 0 unspecified atom stereocenters. The number of imidazole rings is 1. The Balaban J connectivity index is 1.75. The minimum absolute atomic E-state index is 0.0177. The lowest BCUT2D eigenvalue weighted by atomic mass is 9.97. The van der Waals surface area contributed by atoms with Gasteiger partial charge in [-0.2, -0.15) is 9.97 Å². The number of nitrogens with one attached hydrogen (secondary N) is 2. The highest BCUT2D eigenvalue weighted by molar-refractivity contribution is 6.28. The Bertz CT molecular complexity index is 691. The van der Waals surface area contributed by atoms with Gasteiger partial charge < -0.3 is 20.3 Å². The second-order valence-electron chi connectivity index (χ2n) is 5.57. The maximum absolute atomic E-state index is 12.2. The SMILES string of the molecule is O=C(NCCCO)[C@H]1CCCN(c2nc(Cl)nc3nc[nH]c23)C1. The van der Waals surface area contributed by atoms with Crippen LogP contribution in [0.5, 0.6) is 0 Å². The molecule has 3 heterocycles. The van der Waals surface area contributed by atoms with Gasteiger partial charge in [0.05, 0.1) is 12.2 Å². The van der Waals surface area contributed by atoms with Crippen LogP contribution in [-0.4, -0.2) is 57.2 Å². The number of anilines is 1. The van der Waals surface area contributed by atoms with Gasteiger partial charge in [0.15, 0.2) is 11.5 Å². The normalized spacial score (nSPS) is 18.3. The molecule has 0 aliphatic carbocycles. The standard InChI is InChI=1S/C14H19ClN6O2/c15-14-19-11-10(17-8-18-11)12(20-14)21-5-1-3-9(7-21)13(23)16-4-2-6-22/h8-9,22H,1-7H2,(H,16,23)(H,17,18,19,20)/t9-/m0/s1. The average Bonchev–Trinajstić information content (AvgIpc) is 3.02. The molecule has 0 aromatic carbocycles. The third kappa shape index (κ3) is 3.53. The molecule has 1 fully saturated rings. The van der Waals surface area contributed by atoms with Crippen LogP contribution in [0, 0.1) is 5.92 Å². The van der Waals surface area contributed by atoms with Crippen LogP contribution < -0.4 is 10.2 Å². The number of piperidine rings is 1. The fourth-order valence-corrected chi connectivity index (χ4v) is 3.00. The van der Waals surface area contributed by atoms with Gasteiger partial charge in [-0.3, -0.25) is 4.79 Å². The molecule has 1 saturated heterocycles. The molecule has 124 valence electrons. The van der Waals surface area contributed by atoms with Crippen LogP contribution in [0.15, 0.2) is 6.33 Å². The minimum atomic E-state index is -0.103. The van der Waals surface area contributed by atoms with Crippen molar-refractivity contribution < 1.29 is 9.90 Å². The lowest BCUT2D eigenvalue weighted by molar-refractivity contribution is -0.125. The molecular formula is C14H19ClN6O2. The Morgan fingerprint density at radius 2 is 2.39 bits per heavy atom. The van der Waals surface area contributed by atoms with Gasteiger partial charge in [0.1, 0.15) is 5.52 Å². The van der Waals surface area contributed by atoms with E-state index in [-0.39, 0.29) is 23.7 Å².